The van der Waals surface area contributed by atoms with E-state index < -0.39 is 5.79 Å². The molecule has 0 aliphatic carbocycles. The van der Waals surface area contributed by atoms with Crippen LogP contribution in [-0.4, -0.2) is 36.5 Å². The molecule has 2 aliphatic heterocycles. The van der Waals surface area contributed by atoms with Crippen molar-refractivity contribution >= 4 is 11.9 Å². The monoisotopic (exact) mass is 316 g/mol. The number of carbonyl (C=O) groups is 1. The Morgan fingerprint density at radius 2 is 1.91 bits per heavy atom. The van der Waals surface area contributed by atoms with Crippen LogP contribution in [0.3, 0.4) is 0 Å². The molecule has 0 bridgehead atoms. The molecule has 2 fully saturated rings. The SMILES string of the molecule is CC1C(=O)C[C@H]([C@H]2COC(C)(C)O2)O[C@@H]1/C=C/c1ccccc1. The Morgan fingerprint density at radius 3 is 2.57 bits per heavy atom. The molecule has 0 spiro atoms. The van der Waals surface area contributed by atoms with E-state index in [1.165, 1.54) is 0 Å². The molecule has 3 rings (SSSR count). The van der Waals surface area contributed by atoms with Crippen molar-refractivity contribution in [3.63, 3.8) is 0 Å². The molecule has 1 aromatic carbocycles. The van der Waals surface area contributed by atoms with Crippen LogP contribution in [0, 0.1) is 5.92 Å². The number of Topliss-reactive ketones (excluding diaryl/α,β-unsaturated/α-hetero) is 1. The molecule has 2 aliphatic rings. The minimum atomic E-state index is -0.602. The van der Waals surface area contributed by atoms with Gasteiger partial charge in [-0.25, -0.2) is 0 Å². The first-order chi connectivity index (χ1) is 10.9. The van der Waals surface area contributed by atoms with Crippen molar-refractivity contribution in [2.45, 2.75) is 51.3 Å². The van der Waals surface area contributed by atoms with Crippen LogP contribution in [0.4, 0.5) is 0 Å². The maximum absolute atomic E-state index is 12.3. The highest BCUT2D eigenvalue weighted by Crippen LogP contribution is 2.32. The number of ether oxygens (including phenoxy) is 3. The molecule has 0 N–H and O–H groups in total. The van der Waals surface area contributed by atoms with Crippen molar-refractivity contribution < 1.29 is 19.0 Å². The van der Waals surface area contributed by atoms with E-state index in [1.54, 1.807) is 0 Å². The van der Waals surface area contributed by atoms with Crippen LogP contribution in [0.2, 0.25) is 0 Å². The summed E-state index contributed by atoms with van der Waals surface area (Å²) in [6.07, 6.45) is 3.72. The molecule has 1 unspecified atom stereocenters. The zero-order valence-electron chi connectivity index (χ0n) is 13.9. The van der Waals surface area contributed by atoms with E-state index in [0.29, 0.717) is 13.0 Å². The zero-order chi connectivity index (χ0) is 16.4. The molecule has 0 radical (unpaired) electrons. The predicted octanol–water partition coefficient (Wildman–Crippen LogP) is 3.21. The van der Waals surface area contributed by atoms with Gasteiger partial charge in [-0.2, -0.15) is 0 Å². The van der Waals surface area contributed by atoms with Gasteiger partial charge in [-0.1, -0.05) is 49.4 Å². The Morgan fingerprint density at radius 1 is 1.17 bits per heavy atom. The van der Waals surface area contributed by atoms with Crippen LogP contribution in [-0.2, 0) is 19.0 Å². The number of carbonyl (C=O) groups excluding carboxylic acids is 1. The summed E-state index contributed by atoms with van der Waals surface area (Å²) in [6, 6.07) is 10.0. The maximum Gasteiger partial charge on any atom is 0.163 e. The number of benzene rings is 1. The molecule has 0 amide bonds. The second kappa shape index (κ2) is 6.56. The topological polar surface area (TPSA) is 44.8 Å². The smallest absolute Gasteiger partial charge is 0.163 e. The van der Waals surface area contributed by atoms with Gasteiger partial charge in [-0.3, -0.25) is 4.79 Å². The molecule has 2 saturated heterocycles. The van der Waals surface area contributed by atoms with Gasteiger partial charge in [-0.05, 0) is 19.4 Å². The summed E-state index contributed by atoms with van der Waals surface area (Å²) in [5.41, 5.74) is 1.10. The van der Waals surface area contributed by atoms with Gasteiger partial charge in [0.25, 0.3) is 0 Å². The van der Waals surface area contributed by atoms with Crippen LogP contribution in [0.25, 0.3) is 6.08 Å². The zero-order valence-corrected chi connectivity index (χ0v) is 13.9. The molecule has 23 heavy (non-hydrogen) atoms. The van der Waals surface area contributed by atoms with Gasteiger partial charge < -0.3 is 14.2 Å². The van der Waals surface area contributed by atoms with Gasteiger partial charge in [0.1, 0.15) is 11.9 Å². The summed E-state index contributed by atoms with van der Waals surface area (Å²) < 4.78 is 17.6. The minimum Gasteiger partial charge on any atom is -0.367 e. The summed E-state index contributed by atoms with van der Waals surface area (Å²) in [5, 5.41) is 0. The average Bonchev–Trinajstić information content (AvgIpc) is 2.90. The molecule has 4 atom stereocenters. The van der Waals surface area contributed by atoms with Crippen molar-refractivity contribution in [2.24, 2.45) is 5.92 Å². The van der Waals surface area contributed by atoms with E-state index in [1.807, 2.05) is 63.3 Å². The average molecular weight is 316 g/mol. The summed E-state index contributed by atoms with van der Waals surface area (Å²) in [4.78, 5) is 12.3. The molecule has 0 saturated carbocycles. The van der Waals surface area contributed by atoms with E-state index in [4.69, 9.17) is 14.2 Å². The second-order valence-corrected chi connectivity index (χ2v) is 6.74. The van der Waals surface area contributed by atoms with Gasteiger partial charge in [0, 0.05) is 12.3 Å². The molecule has 2 heterocycles. The summed E-state index contributed by atoms with van der Waals surface area (Å²) in [5.74, 6) is -0.519. The standard InChI is InChI=1S/C19H24O4/c1-13-15(20)11-17(18-12-21-19(2,3)23-18)22-16(13)10-9-14-7-5-4-6-8-14/h4-10,13,16-18H,11-12H2,1-3H3/b10-9+/t13?,16-,17-,18-/m1/s1. The third kappa shape index (κ3) is 3.89. The fourth-order valence-electron chi connectivity index (χ4n) is 3.04. The first kappa shape index (κ1) is 16.4. The van der Waals surface area contributed by atoms with E-state index in [9.17, 15) is 4.79 Å². The van der Waals surface area contributed by atoms with Crippen LogP contribution in [0.15, 0.2) is 36.4 Å². The Bertz CT molecular complexity index is 578. The normalized spacial score (nSPS) is 34.1. The Kier molecular flexibility index (Phi) is 4.67. The van der Waals surface area contributed by atoms with Crippen molar-refractivity contribution in [2.75, 3.05) is 6.61 Å². The van der Waals surface area contributed by atoms with Gasteiger partial charge in [0.15, 0.2) is 5.79 Å². The van der Waals surface area contributed by atoms with Crippen molar-refractivity contribution in [1.82, 2.24) is 0 Å². The van der Waals surface area contributed by atoms with Crippen LogP contribution in [0.5, 0.6) is 0 Å². The minimum absolute atomic E-state index is 0.137. The van der Waals surface area contributed by atoms with Gasteiger partial charge >= 0.3 is 0 Å². The Labute approximate surface area is 137 Å². The van der Waals surface area contributed by atoms with Gasteiger partial charge in [0.05, 0.1) is 18.8 Å². The highest BCUT2D eigenvalue weighted by Gasteiger charge is 2.43. The number of rotatable bonds is 3. The van der Waals surface area contributed by atoms with Gasteiger partial charge in [0.2, 0.25) is 0 Å². The summed E-state index contributed by atoms with van der Waals surface area (Å²) in [7, 11) is 0. The highest BCUT2D eigenvalue weighted by molar-refractivity contribution is 5.83. The Hall–Kier alpha value is -1.49. The molecule has 0 aromatic heterocycles. The largest absolute Gasteiger partial charge is 0.367 e. The summed E-state index contributed by atoms with van der Waals surface area (Å²) in [6.45, 7) is 6.16. The lowest BCUT2D eigenvalue weighted by Gasteiger charge is -2.34. The fourth-order valence-corrected chi connectivity index (χ4v) is 3.04. The van der Waals surface area contributed by atoms with Crippen LogP contribution < -0.4 is 0 Å². The Balaban J connectivity index is 1.70. The van der Waals surface area contributed by atoms with Crippen LogP contribution in [0.1, 0.15) is 32.8 Å². The molecule has 1 aromatic rings. The van der Waals surface area contributed by atoms with Gasteiger partial charge in [-0.15, -0.1) is 0 Å². The first-order valence-corrected chi connectivity index (χ1v) is 8.18. The second-order valence-electron chi connectivity index (χ2n) is 6.74. The van der Waals surface area contributed by atoms with E-state index in [0.717, 1.165) is 5.56 Å². The van der Waals surface area contributed by atoms with E-state index in [-0.39, 0.29) is 30.0 Å². The molecule has 124 valence electrons. The predicted molar refractivity (Wildman–Crippen MR) is 87.8 cm³/mol. The van der Waals surface area contributed by atoms with Crippen LogP contribution >= 0.6 is 0 Å². The summed E-state index contributed by atoms with van der Waals surface area (Å²) >= 11 is 0. The van der Waals surface area contributed by atoms with Crippen molar-refractivity contribution in [3.8, 4) is 0 Å². The third-order valence-corrected chi connectivity index (χ3v) is 4.46. The van der Waals surface area contributed by atoms with Crippen molar-refractivity contribution in [3.05, 3.63) is 42.0 Å². The third-order valence-electron chi connectivity index (χ3n) is 4.46. The van der Waals surface area contributed by atoms with E-state index >= 15 is 0 Å². The molecule has 4 nitrogen and oxygen atoms in total. The quantitative estimate of drug-likeness (QED) is 0.859. The first-order valence-electron chi connectivity index (χ1n) is 8.18. The van der Waals surface area contributed by atoms with E-state index in [2.05, 4.69) is 0 Å². The molecular weight excluding hydrogens is 292 g/mol. The number of hydrogen-bond donors (Lipinski definition) is 0. The highest BCUT2D eigenvalue weighted by atomic mass is 16.7. The lowest BCUT2D eigenvalue weighted by atomic mass is 9.89. The number of ketones is 1. The molecule has 4 heteroatoms. The van der Waals surface area contributed by atoms with Crippen molar-refractivity contribution in [1.29, 1.82) is 0 Å². The maximum atomic E-state index is 12.3. The fraction of sp³-hybridized carbons (Fsp3) is 0.526. The lowest BCUT2D eigenvalue weighted by molar-refractivity contribution is -0.175. The lowest BCUT2D eigenvalue weighted by Crippen LogP contribution is -2.45. The molecular formula is C19H24O4. The number of hydrogen-bond acceptors (Lipinski definition) is 4.